The molecule has 0 aliphatic rings. The smallest absolute Gasteiger partial charge is 0.200 e. The molecule has 0 N–H and O–H groups in total. The van der Waals surface area contributed by atoms with Gasteiger partial charge in [-0.3, -0.25) is 4.79 Å². The van der Waals surface area contributed by atoms with Gasteiger partial charge in [-0.15, -0.1) is 0 Å². The number of hydrogen-bond donors (Lipinski definition) is 0. The molecule has 0 aliphatic heterocycles. The highest BCUT2D eigenvalue weighted by Gasteiger charge is 2.12. The van der Waals surface area contributed by atoms with E-state index in [1.807, 2.05) is 57.2 Å². The lowest BCUT2D eigenvalue weighted by atomic mass is 10.0. The third-order valence-corrected chi connectivity index (χ3v) is 3.20. The molecule has 0 amide bonds. The van der Waals surface area contributed by atoms with Crippen molar-refractivity contribution in [3.8, 4) is 11.5 Å². The van der Waals surface area contributed by atoms with Gasteiger partial charge in [0.15, 0.2) is 23.9 Å². The van der Waals surface area contributed by atoms with Gasteiger partial charge in [0, 0.05) is 5.56 Å². The first-order valence-corrected chi connectivity index (χ1v) is 7.07. The molecule has 110 valence electrons. The highest BCUT2D eigenvalue weighted by Crippen LogP contribution is 2.26. The molecule has 0 fully saturated rings. The van der Waals surface area contributed by atoms with Gasteiger partial charge in [-0.25, -0.2) is 0 Å². The Morgan fingerprint density at radius 1 is 1.00 bits per heavy atom. The van der Waals surface area contributed by atoms with Crippen LogP contribution in [0, 0.1) is 13.8 Å². The largest absolute Gasteiger partial charge is 0.490 e. The number of para-hydroxylation sites is 2. The minimum atomic E-state index is -0.0255. The lowest BCUT2D eigenvalue weighted by Gasteiger charge is -2.12. The summed E-state index contributed by atoms with van der Waals surface area (Å²) < 4.78 is 11.1. The maximum absolute atomic E-state index is 12.3. The summed E-state index contributed by atoms with van der Waals surface area (Å²) in [6.45, 7) is 6.39. The minimum Gasteiger partial charge on any atom is -0.490 e. The fourth-order valence-corrected chi connectivity index (χ4v) is 2.10. The van der Waals surface area contributed by atoms with Crippen LogP contribution in [-0.2, 0) is 0 Å². The highest BCUT2D eigenvalue weighted by atomic mass is 16.5. The molecule has 0 saturated carbocycles. The summed E-state index contributed by atoms with van der Waals surface area (Å²) in [4.78, 5) is 12.3. The molecule has 0 aromatic heterocycles. The number of ketones is 1. The van der Waals surface area contributed by atoms with Crippen LogP contribution in [0.1, 0.15) is 28.4 Å². The molecule has 0 spiro atoms. The third kappa shape index (κ3) is 3.85. The zero-order valence-electron chi connectivity index (χ0n) is 12.7. The second-order valence-electron chi connectivity index (χ2n) is 4.91. The van der Waals surface area contributed by atoms with E-state index >= 15 is 0 Å². The molecule has 21 heavy (non-hydrogen) atoms. The second kappa shape index (κ2) is 6.93. The number of carbonyl (C=O) groups is 1. The molecule has 0 heterocycles. The normalized spacial score (nSPS) is 10.2. The summed E-state index contributed by atoms with van der Waals surface area (Å²) >= 11 is 0. The second-order valence-corrected chi connectivity index (χ2v) is 4.91. The predicted octanol–water partition coefficient (Wildman–Crippen LogP) is 3.96. The number of Topliss-reactive ketones (excluding diaryl/α,β-unsaturated/α-hetero) is 1. The molecule has 0 unspecified atom stereocenters. The highest BCUT2D eigenvalue weighted by molar-refractivity contribution is 5.98. The SMILES string of the molecule is CCOc1ccccc1OCC(=O)c1cc(C)ccc1C. The van der Waals surface area contributed by atoms with Gasteiger partial charge in [-0.2, -0.15) is 0 Å². The number of ether oxygens (including phenoxy) is 2. The van der Waals surface area contributed by atoms with Gasteiger partial charge in [0.05, 0.1) is 6.61 Å². The predicted molar refractivity (Wildman–Crippen MR) is 83.4 cm³/mol. The number of hydrogen-bond acceptors (Lipinski definition) is 3. The fraction of sp³-hybridized carbons (Fsp3) is 0.278. The maximum Gasteiger partial charge on any atom is 0.200 e. The lowest BCUT2D eigenvalue weighted by Crippen LogP contribution is -2.13. The number of aryl methyl sites for hydroxylation is 2. The third-order valence-electron chi connectivity index (χ3n) is 3.20. The van der Waals surface area contributed by atoms with Gasteiger partial charge < -0.3 is 9.47 Å². The molecule has 0 bridgehead atoms. The molecule has 0 saturated heterocycles. The Balaban J connectivity index is 2.09. The van der Waals surface area contributed by atoms with Crippen LogP contribution in [0.15, 0.2) is 42.5 Å². The van der Waals surface area contributed by atoms with Gasteiger partial charge in [-0.05, 0) is 44.5 Å². The van der Waals surface area contributed by atoms with Gasteiger partial charge in [-0.1, -0.05) is 29.8 Å². The Morgan fingerprint density at radius 2 is 1.67 bits per heavy atom. The van der Waals surface area contributed by atoms with Crippen molar-refractivity contribution in [3.63, 3.8) is 0 Å². The van der Waals surface area contributed by atoms with E-state index in [9.17, 15) is 4.79 Å². The van der Waals surface area contributed by atoms with Crippen molar-refractivity contribution in [1.82, 2.24) is 0 Å². The molecule has 0 aliphatic carbocycles. The van der Waals surface area contributed by atoms with E-state index in [0.717, 1.165) is 11.1 Å². The van der Waals surface area contributed by atoms with Crippen molar-refractivity contribution in [3.05, 3.63) is 59.2 Å². The van der Waals surface area contributed by atoms with E-state index in [-0.39, 0.29) is 12.4 Å². The molecular weight excluding hydrogens is 264 g/mol. The Kier molecular flexibility index (Phi) is 4.99. The van der Waals surface area contributed by atoms with Gasteiger partial charge in [0.2, 0.25) is 0 Å². The van der Waals surface area contributed by atoms with E-state index in [1.54, 1.807) is 6.07 Å². The monoisotopic (exact) mass is 284 g/mol. The number of carbonyl (C=O) groups excluding carboxylic acids is 1. The van der Waals surface area contributed by atoms with E-state index < -0.39 is 0 Å². The van der Waals surface area contributed by atoms with E-state index in [2.05, 4.69) is 0 Å². The first-order valence-electron chi connectivity index (χ1n) is 7.07. The Hall–Kier alpha value is -2.29. The summed E-state index contributed by atoms with van der Waals surface area (Å²) in [6.07, 6.45) is 0. The first kappa shape index (κ1) is 15.1. The summed E-state index contributed by atoms with van der Waals surface area (Å²) in [7, 11) is 0. The van der Waals surface area contributed by atoms with Crippen LogP contribution in [0.2, 0.25) is 0 Å². The maximum atomic E-state index is 12.3. The summed E-state index contributed by atoms with van der Waals surface area (Å²) in [5.74, 6) is 1.23. The van der Waals surface area contributed by atoms with Crippen molar-refractivity contribution in [1.29, 1.82) is 0 Å². The zero-order chi connectivity index (χ0) is 15.2. The number of rotatable bonds is 6. The Morgan fingerprint density at radius 3 is 2.33 bits per heavy atom. The van der Waals surface area contributed by atoms with Crippen LogP contribution in [0.5, 0.6) is 11.5 Å². The fourth-order valence-electron chi connectivity index (χ4n) is 2.10. The summed E-state index contributed by atoms with van der Waals surface area (Å²) in [5.41, 5.74) is 2.75. The zero-order valence-corrected chi connectivity index (χ0v) is 12.7. The Bertz CT molecular complexity index is 632. The van der Waals surface area contributed by atoms with E-state index in [1.165, 1.54) is 0 Å². The molecule has 0 atom stereocenters. The van der Waals surface area contributed by atoms with Crippen LogP contribution in [0.3, 0.4) is 0 Å². The van der Waals surface area contributed by atoms with Gasteiger partial charge >= 0.3 is 0 Å². The van der Waals surface area contributed by atoms with Crippen LogP contribution >= 0.6 is 0 Å². The van der Waals surface area contributed by atoms with Crippen LogP contribution in [0.4, 0.5) is 0 Å². The van der Waals surface area contributed by atoms with Gasteiger partial charge in [0.25, 0.3) is 0 Å². The first-order chi connectivity index (χ1) is 10.1. The molecule has 3 nitrogen and oxygen atoms in total. The molecule has 0 radical (unpaired) electrons. The van der Waals surface area contributed by atoms with Gasteiger partial charge in [0.1, 0.15) is 0 Å². The molecule has 2 rings (SSSR count). The quantitative estimate of drug-likeness (QED) is 0.753. The van der Waals surface area contributed by atoms with Crippen molar-refractivity contribution < 1.29 is 14.3 Å². The average molecular weight is 284 g/mol. The van der Waals surface area contributed by atoms with Crippen molar-refractivity contribution in [2.45, 2.75) is 20.8 Å². The summed E-state index contributed by atoms with van der Waals surface area (Å²) in [6, 6.07) is 13.2. The standard InChI is InChI=1S/C18H20O3/c1-4-20-17-7-5-6-8-18(17)21-12-16(19)15-11-13(2)9-10-14(15)3/h5-11H,4,12H2,1-3H3. The van der Waals surface area contributed by atoms with Crippen molar-refractivity contribution >= 4 is 5.78 Å². The minimum absolute atomic E-state index is 0.00831. The van der Waals surface area contributed by atoms with E-state index in [0.29, 0.717) is 23.7 Å². The summed E-state index contributed by atoms with van der Waals surface area (Å²) in [5, 5.41) is 0. The molecular formula is C18H20O3. The van der Waals surface area contributed by atoms with Crippen molar-refractivity contribution in [2.75, 3.05) is 13.2 Å². The van der Waals surface area contributed by atoms with Crippen LogP contribution < -0.4 is 9.47 Å². The molecule has 3 heteroatoms. The Labute approximate surface area is 125 Å². The molecule has 2 aromatic rings. The van der Waals surface area contributed by atoms with Crippen LogP contribution in [-0.4, -0.2) is 19.0 Å². The molecule has 2 aromatic carbocycles. The van der Waals surface area contributed by atoms with E-state index in [4.69, 9.17) is 9.47 Å². The van der Waals surface area contributed by atoms with Crippen LogP contribution in [0.25, 0.3) is 0 Å². The van der Waals surface area contributed by atoms with Crippen molar-refractivity contribution in [2.24, 2.45) is 0 Å². The lowest BCUT2D eigenvalue weighted by molar-refractivity contribution is 0.0918. The number of benzene rings is 2. The topological polar surface area (TPSA) is 35.5 Å². The average Bonchev–Trinajstić information content (AvgIpc) is 2.49.